The highest BCUT2D eigenvalue weighted by Crippen LogP contribution is 2.38. The monoisotopic (exact) mass is 261 g/mol. The van der Waals surface area contributed by atoms with Crippen molar-refractivity contribution in [3.8, 4) is 0 Å². The van der Waals surface area contributed by atoms with E-state index >= 15 is 0 Å². The van der Waals surface area contributed by atoms with E-state index in [2.05, 4.69) is 4.98 Å². The molecule has 0 atom stereocenters. The molecule has 3 rings (SSSR count). The molecule has 19 heavy (non-hydrogen) atoms. The molecule has 1 heterocycles. The average Bonchev–Trinajstić information content (AvgIpc) is 3.22. The molecule has 1 aliphatic rings. The first-order chi connectivity index (χ1) is 9.22. The summed E-state index contributed by atoms with van der Waals surface area (Å²) in [5.74, 6) is -0.371. The van der Waals surface area contributed by atoms with Gasteiger partial charge in [-0.05, 0) is 31.0 Å². The van der Waals surface area contributed by atoms with Crippen LogP contribution in [0, 0.1) is 5.82 Å². The van der Waals surface area contributed by atoms with Crippen LogP contribution in [-0.2, 0) is 0 Å². The second kappa shape index (κ2) is 4.66. The predicted molar refractivity (Wildman–Crippen MR) is 73.6 cm³/mol. The van der Waals surface area contributed by atoms with Crippen LogP contribution in [0.25, 0.3) is 10.9 Å². The Morgan fingerprint density at radius 2 is 2.26 bits per heavy atom. The number of aromatic nitrogens is 1. The van der Waals surface area contributed by atoms with Crippen LogP contribution >= 0.6 is 0 Å². The Balaban J connectivity index is 2.20. The number of anilines is 2. The molecule has 0 spiro atoms. The first-order valence-corrected chi connectivity index (χ1v) is 6.42. The van der Waals surface area contributed by atoms with Gasteiger partial charge in [-0.2, -0.15) is 0 Å². The SMILES string of the molecule is Nc1cc(F)c(N(CCO)C2CC2)c2ncccc12. The van der Waals surface area contributed by atoms with Crippen molar-refractivity contribution in [3.05, 3.63) is 30.2 Å². The number of halogens is 1. The second-order valence-electron chi connectivity index (χ2n) is 4.84. The van der Waals surface area contributed by atoms with Crippen LogP contribution in [0.4, 0.5) is 15.8 Å². The highest BCUT2D eigenvalue weighted by Gasteiger charge is 2.32. The molecule has 1 saturated carbocycles. The highest BCUT2D eigenvalue weighted by atomic mass is 19.1. The quantitative estimate of drug-likeness (QED) is 0.825. The summed E-state index contributed by atoms with van der Waals surface area (Å²) in [5, 5.41) is 9.94. The molecule has 3 N–H and O–H groups in total. The number of nitrogen functional groups attached to an aromatic ring is 1. The van der Waals surface area contributed by atoms with Crippen molar-refractivity contribution in [1.82, 2.24) is 4.98 Å². The maximum absolute atomic E-state index is 14.3. The molecule has 0 saturated heterocycles. The summed E-state index contributed by atoms with van der Waals surface area (Å²) in [4.78, 5) is 6.18. The molecular formula is C14H16FN3O. The van der Waals surface area contributed by atoms with Crippen LogP contribution < -0.4 is 10.6 Å². The third-order valence-electron chi connectivity index (χ3n) is 3.47. The van der Waals surface area contributed by atoms with E-state index in [1.807, 2.05) is 11.0 Å². The Morgan fingerprint density at radius 3 is 2.95 bits per heavy atom. The Kier molecular flexibility index (Phi) is 2.98. The summed E-state index contributed by atoms with van der Waals surface area (Å²) in [6.45, 7) is 0.409. The smallest absolute Gasteiger partial charge is 0.150 e. The normalized spacial score (nSPS) is 14.8. The summed E-state index contributed by atoms with van der Waals surface area (Å²) in [6, 6.07) is 5.26. The number of nitrogens with two attached hydrogens (primary N) is 1. The number of nitrogens with zero attached hydrogens (tertiary/aromatic N) is 2. The van der Waals surface area contributed by atoms with Crippen LogP contribution in [0.1, 0.15) is 12.8 Å². The zero-order valence-electron chi connectivity index (χ0n) is 10.5. The maximum Gasteiger partial charge on any atom is 0.150 e. The zero-order chi connectivity index (χ0) is 13.4. The van der Waals surface area contributed by atoms with Crippen molar-refractivity contribution < 1.29 is 9.50 Å². The lowest BCUT2D eigenvalue weighted by Gasteiger charge is -2.25. The number of hydrogen-bond acceptors (Lipinski definition) is 4. The third-order valence-corrected chi connectivity index (χ3v) is 3.47. The van der Waals surface area contributed by atoms with Crippen molar-refractivity contribution in [3.63, 3.8) is 0 Å². The van der Waals surface area contributed by atoms with Crippen LogP contribution in [0.15, 0.2) is 24.4 Å². The molecule has 1 aliphatic carbocycles. The van der Waals surface area contributed by atoms with Gasteiger partial charge in [-0.15, -0.1) is 0 Å². The first-order valence-electron chi connectivity index (χ1n) is 6.42. The Bertz CT molecular complexity index is 613. The minimum absolute atomic E-state index is 0.00531. The molecule has 0 aliphatic heterocycles. The Hall–Kier alpha value is -1.88. The lowest BCUT2D eigenvalue weighted by Crippen LogP contribution is -2.30. The van der Waals surface area contributed by atoms with Crippen LogP contribution in [0.5, 0.6) is 0 Å². The van der Waals surface area contributed by atoms with Crippen molar-refractivity contribution in [2.75, 3.05) is 23.8 Å². The van der Waals surface area contributed by atoms with E-state index in [0.29, 0.717) is 29.5 Å². The minimum atomic E-state index is -0.371. The molecule has 0 bridgehead atoms. The van der Waals surface area contributed by atoms with Gasteiger partial charge in [-0.3, -0.25) is 4.98 Å². The fourth-order valence-electron chi connectivity index (χ4n) is 2.47. The fraction of sp³-hybridized carbons (Fsp3) is 0.357. The van der Waals surface area contributed by atoms with E-state index < -0.39 is 0 Å². The van der Waals surface area contributed by atoms with Crippen LogP contribution in [0.3, 0.4) is 0 Å². The van der Waals surface area contributed by atoms with Gasteiger partial charge in [0, 0.05) is 29.9 Å². The topological polar surface area (TPSA) is 62.4 Å². The van der Waals surface area contributed by atoms with Crippen LogP contribution in [0.2, 0.25) is 0 Å². The van der Waals surface area contributed by atoms with E-state index in [1.54, 1.807) is 12.3 Å². The molecular weight excluding hydrogens is 245 g/mol. The van der Waals surface area contributed by atoms with Gasteiger partial charge in [0.1, 0.15) is 5.69 Å². The van der Waals surface area contributed by atoms with Gasteiger partial charge in [0.05, 0.1) is 12.1 Å². The maximum atomic E-state index is 14.3. The molecule has 0 unspecified atom stereocenters. The third kappa shape index (κ3) is 2.10. The van der Waals surface area contributed by atoms with Crippen molar-refractivity contribution >= 4 is 22.3 Å². The van der Waals surface area contributed by atoms with E-state index in [4.69, 9.17) is 5.73 Å². The van der Waals surface area contributed by atoms with Gasteiger partial charge < -0.3 is 15.7 Å². The van der Waals surface area contributed by atoms with E-state index in [1.165, 1.54) is 6.07 Å². The Labute approximate surface area is 110 Å². The molecule has 5 heteroatoms. The number of pyridine rings is 1. The van der Waals surface area contributed by atoms with Crippen molar-refractivity contribution in [1.29, 1.82) is 0 Å². The average molecular weight is 261 g/mol. The van der Waals surface area contributed by atoms with E-state index in [9.17, 15) is 9.50 Å². The molecule has 1 aromatic heterocycles. The predicted octanol–water partition coefficient (Wildman–Crippen LogP) is 1.92. The lowest BCUT2D eigenvalue weighted by molar-refractivity contribution is 0.301. The summed E-state index contributed by atoms with van der Waals surface area (Å²) in [6.07, 6.45) is 3.69. The summed E-state index contributed by atoms with van der Waals surface area (Å²) in [5.41, 5.74) is 7.27. The lowest BCUT2D eigenvalue weighted by atomic mass is 10.1. The van der Waals surface area contributed by atoms with Crippen molar-refractivity contribution in [2.24, 2.45) is 0 Å². The van der Waals surface area contributed by atoms with Gasteiger partial charge in [0.2, 0.25) is 0 Å². The number of fused-ring (bicyclic) bond motifs is 1. The second-order valence-corrected chi connectivity index (χ2v) is 4.84. The number of rotatable bonds is 4. The molecule has 1 fully saturated rings. The summed E-state index contributed by atoms with van der Waals surface area (Å²) in [7, 11) is 0. The van der Waals surface area contributed by atoms with Crippen LogP contribution in [-0.4, -0.2) is 29.3 Å². The first kappa shape index (κ1) is 12.2. The van der Waals surface area contributed by atoms with Gasteiger partial charge in [-0.1, -0.05) is 0 Å². The molecule has 1 aromatic carbocycles. The number of hydrogen-bond donors (Lipinski definition) is 2. The number of benzene rings is 1. The van der Waals surface area contributed by atoms with Crippen molar-refractivity contribution in [2.45, 2.75) is 18.9 Å². The molecule has 0 amide bonds. The van der Waals surface area contributed by atoms with Gasteiger partial charge >= 0.3 is 0 Å². The standard InChI is InChI=1S/C14H16FN3O/c15-11-8-12(16)10-2-1-5-17-13(10)14(11)18(6-7-19)9-3-4-9/h1-2,5,8-9,19H,3-4,6-7,16H2. The van der Waals surface area contributed by atoms with Gasteiger partial charge in [0.15, 0.2) is 5.82 Å². The minimum Gasteiger partial charge on any atom is -0.398 e. The fourth-order valence-corrected chi connectivity index (χ4v) is 2.47. The van der Waals surface area contributed by atoms with E-state index in [0.717, 1.165) is 18.2 Å². The molecule has 100 valence electrons. The highest BCUT2D eigenvalue weighted by molar-refractivity contribution is 5.99. The zero-order valence-corrected chi connectivity index (χ0v) is 10.5. The molecule has 4 nitrogen and oxygen atoms in total. The molecule has 2 aromatic rings. The summed E-state index contributed by atoms with van der Waals surface area (Å²) < 4.78 is 14.3. The number of aliphatic hydroxyl groups is 1. The largest absolute Gasteiger partial charge is 0.398 e. The summed E-state index contributed by atoms with van der Waals surface area (Å²) >= 11 is 0. The Morgan fingerprint density at radius 1 is 1.47 bits per heavy atom. The number of aliphatic hydroxyl groups excluding tert-OH is 1. The van der Waals surface area contributed by atoms with Gasteiger partial charge in [0.25, 0.3) is 0 Å². The van der Waals surface area contributed by atoms with E-state index in [-0.39, 0.29) is 12.4 Å². The molecule has 0 radical (unpaired) electrons. The van der Waals surface area contributed by atoms with Gasteiger partial charge in [-0.25, -0.2) is 4.39 Å².